The van der Waals surface area contributed by atoms with Crippen molar-refractivity contribution in [3.63, 3.8) is 0 Å². The van der Waals surface area contributed by atoms with E-state index in [1.165, 1.54) is 0 Å². The van der Waals surface area contributed by atoms with Gasteiger partial charge in [-0.15, -0.1) is 0 Å². The van der Waals surface area contributed by atoms with Crippen molar-refractivity contribution in [3.8, 4) is 0 Å². The summed E-state index contributed by atoms with van der Waals surface area (Å²) in [5, 5.41) is 0. The van der Waals surface area contributed by atoms with Gasteiger partial charge in [0.25, 0.3) is 5.91 Å². The lowest BCUT2D eigenvalue weighted by Crippen LogP contribution is -2.40. The lowest BCUT2D eigenvalue weighted by molar-refractivity contribution is -0.140. The van der Waals surface area contributed by atoms with Crippen LogP contribution < -0.4 is 5.73 Å². The second-order valence-electron chi connectivity index (χ2n) is 5.24. The SMILES string of the molecule is CCCC(CCC(F)(F)F)N(C=O)/C(C(N)=O)=C(C)\C=C(/C)Br. The molecule has 8 heteroatoms. The molecule has 0 rings (SSSR count). The van der Waals surface area contributed by atoms with Gasteiger partial charge < -0.3 is 10.6 Å². The van der Waals surface area contributed by atoms with Crippen molar-refractivity contribution >= 4 is 28.2 Å². The zero-order valence-electron chi connectivity index (χ0n) is 13.4. The third-order valence-electron chi connectivity index (χ3n) is 3.17. The molecule has 0 spiro atoms. The molecule has 2 N–H and O–H groups in total. The number of nitrogens with two attached hydrogens (primary N) is 1. The highest BCUT2D eigenvalue weighted by molar-refractivity contribution is 9.11. The first-order valence-electron chi connectivity index (χ1n) is 7.18. The minimum atomic E-state index is -4.32. The fourth-order valence-electron chi connectivity index (χ4n) is 2.30. The van der Waals surface area contributed by atoms with Gasteiger partial charge in [-0.05, 0) is 42.8 Å². The third kappa shape index (κ3) is 8.20. The number of primary amides is 1. The molecule has 0 fully saturated rings. The van der Waals surface area contributed by atoms with Gasteiger partial charge in [0.15, 0.2) is 0 Å². The molecule has 0 aromatic heterocycles. The molecule has 0 saturated heterocycles. The van der Waals surface area contributed by atoms with Crippen LogP contribution in [0.1, 0.15) is 46.5 Å². The molecule has 4 nitrogen and oxygen atoms in total. The second kappa shape index (κ2) is 9.75. The van der Waals surface area contributed by atoms with Gasteiger partial charge in [0.05, 0.1) is 0 Å². The van der Waals surface area contributed by atoms with Crippen molar-refractivity contribution in [2.75, 3.05) is 0 Å². The Morgan fingerprint density at radius 2 is 1.87 bits per heavy atom. The normalized spacial score (nSPS) is 15.0. The summed E-state index contributed by atoms with van der Waals surface area (Å²) in [6, 6.07) is -0.736. The Balaban J connectivity index is 5.70. The minimum absolute atomic E-state index is 0.0839. The van der Waals surface area contributed by atoms with Crippen LogP contribution in [0.2, 0.25) is 0 Å². The van der Waals surface area contributed by atoms with Crippen LogP contribution in [-0.2, 0) is 9.59 Å². The number of hydrogen-bond donors (Lipinski definition) is 1. The predicted octanol–water partition coefficient (Wildman–Crippen LogP) is 4.01. The van der Waals surface area contributed by atoms with Gasteiger partial charge in [-0.2, -0.15) is 13.2 Å². The summed E-state index contributed by atoms with van der Waals surface area (Å²) in [6.07, 6.45) is -2.75. The zero-order valence-corrected chi connectivity index (χ0v) is 15.0. The molecule has 132 valence electrons. The Morgan fingerprint density at radius 3 is 2.22 bits per heavy atom. The van der Waals surface area contributed by atoms with Crippen LogP contribution in [0.3, 0.4) is 0 Å². The number of halogens is 4. The average molecular weight is 399 g/mol. The van der Waals surface area contributed by atoms with Gasteiger partial charge in [-0.1, -0.05) is 29.3 Å². The van der Waals surface area contributed by atoms with E-state index in [1.54, 1.807) is 26.8 Å². The average Bonchev–Trinajstić information content (AvgIpc) is 2.38. The maximum Gasteiger partial charge on any atom is 0.389 e. The Labute approximate surface area is 142 Å². The van der Waals surface area contributed by atoms with Crippen molar-refractivity contribution in [2.45, 2.75) is 58.7 Å². The predicted molar refractivity (Wildman–Crippen MR) is 86.5 cm³/mol. The quantitative estimate of drug-likeness (QED) is 0.362. The van der Waals surface area contributed by atoms with Crippen LogP contribution in [0.15, 0.2) is 21.8 Å². The molecule has 0 aliphatic rings. The minimum Gasteiger partial charge on any atom is -0.364 e. The van der Waals surface area contributed by atoms with Gasteiger partial charge in [0.1, 0.15) is 5.70 Å². The molecule has 23 heavy (non-hydrogen) atoms. The van der Waals surface area contributed by atoms with Crippen molar-refractivity contribution in [1.29, 1.82) is 0 Å². The zero-order chi connectivity index (χ0) is 18.2. The van der Waals surface area contributed by atoms with Crippen molar-refractivity contribution in [2.24, 2.45) is 5.73 Å². The van der Waals surface area contributed by atoms with Crippen LogP contribution >= 0.6 is 15.9 Å². The summed E-state index contributed by atoms with van der Waals surface area (Å²) in [4.78, 5) is 24.2. The first kappa shape index (κ1) is 21.7. The van der Waals surface area contributed by atoms with E-state index in [9.17, 15) is 22.8 Å². The fourth-order valence-corrected chi connectivity index (χ4v) is 2.64. The molecule has 0 aliphatic carbocycles. The summed E-state index contributed by atoms with van der Waals surface area (Å²) < 4.78 is 38.2. The first-order chi connectivity index (χ1) is 10.5. The molecule has 0 radical (unpaired) electrons. The van der Waals surface area contributed by atoms with E-state index in [-0.39, 0.29) is 12.1 Å². The highest BCUT2D eigenvalue weighted by atomic mass is 79.9. The molecule has 0 aliphatic heterocycles. The standard InChI is InChI=1S/C15H22BrF3N2O2/c1-4-5-12(6-7-15(17,18)19)21(9-22)13(14(20)23)10(2)8-11(3)16/h8-9,12H,4-7H2,1-3H3,(H2,20,23)/b11-8+,13-10-. The first-order valence-corrected chi connectivity index (χ1v) is 7.97. The summed E-state index contributed by atoms with van der Waals surface area (Å²) in [5.41, 5.74) is 5.67. The molecule has 0 aromatic carbocycles. The molecular weight excluding hydrogens is 377 g/mol. The van der Waals surface area contributed by atoms with Gasteiger partial charge in [0, 0.05) is 12.5 Å². The van der Waals surface area contributed by atoms with Crippen LogP contribution in [0.5, 0.6) is 0 Å². The number of hydrogen-bond acceptors (Lipinski definition) is 2. The summed E-state index contributed by atoms with van der Waals surface area (Å²) in [7, 11) is 0. The van der Waals surface area contributed by atoms with E-state index >= 15 is 0 Å². The Morgan fingerprint density at radius 1 is 1.30 bits per heavy atom. The van der Waals surface area contributed by atoms with Gasteiger partial charge in [-0.25, -0.2) is 0 Å². The van der Waals surface area contributed by atoms with Crippen LogP contribution in [0.4, 0.5) is 13.2 Å². The maximum atomic E-state index is 12.5. The summed E-state index contributed by atoms with van der Waals surface area (Å²) in [5.74, 6) is -0.854. The van der Waals surface area contributed by atoms with Crippen LogP contribution in [-0.4, -0.2) is 29.4 Å². The molecular formula is C15H22BrF3N2O2. The van der Waals surface area contributed by atoms with E-state index in [4.69, 9.17) is 5.73 Å². The molecule has 2 amide bonds. The number of carbonyl (C=O) groups is 2. The van der Waals surface area contributed by atoms with E-state index < -0.39 is 24.5 Å². The van der Waals surface area contributed by atoms with Crippen LogP contribution in [0.25, 0.3) is 0 Å². The number of carbonyl (C=O) groups excluding carboxylic acids is 2. The number of alkyl halides is 3. The summed E-state index contributed by atoms with van der Waals surface area (Å²) >= 11 is 3.21. The Kier molecular flexibility index (Phi) is 9.19. The lowest BCUT2D eigenvalue weighted by Gasteiger charge is -2.30. The van der Waals surface area contributed by atoms with Crippen molar-refractivity contribution in [1.82, 2.24) is 4.90 Å². The van der Waals surface area contributed by atoms with Crippen molar-refractivity contribution in [3.05, 3.63) is 21.8 Å². The Hall–Kier alpha value is -1.31. The molecule has 0 heterocycles. The largest absolute Gasteiger partial charge is 0.389 e. The smallest absolute Gasteiger partial charge is 0.364 e. The number of allylic oxidation sites excluding steroid dienone is 3. The van der Waals surface area contributed by atoms with E-state index in [0.29, 0.717) is 29.3 Å². The highest BCUT2D eigenvalue weighted by Crippen LogP contribution is 2.27. The van der Waals surface area contributed by atoms with Gasteiger partial charge in [0.2, 0.25) is 6.41 Å². The number of rotatable bonds is 9. The second-order valence-corrected chi connectivity index (χ2v) is 6.49. The molecule has 0 aromatic rings. The molecule has 0 bridgehead atoms. The van der Waals surface area contributed by atoms with E-state index in [1.807, 2.05) is 0 Å². The van der Waals surface area contributed by atoms with E-state index in [0.717, 1.165) is 4.90 Å². The number of amides is 2. The van der Waals surface area contributed by atoms with E-state index in [2.05, 4.69) is 15.9 Å². The van der Waals surface area contributed by atoms with Crippen LogP contribution in [0, 0.1) is 0 Å². The topological polar surface area (TPSA) is 63.4 Å². The van der Waals surface area contributed by atoms with Gasteiger partial charge in [-0.3, -0.25) is 9.59 Å². The highest BCUT2D eigenvalue weighted by Gasteiger charge is 2.31. The lowest BCUT2D eigenvalue weighted by atomic mass is 10.0. The molecule has 1 atom stereocenters. The third-order valence-corrected chi connectivity index (χ3v) is 3.40. The maximum absolute atomic E-state index is 12.5. The van der Waals surface area contributed by atoms with Gasteiger partial charge >= 0.3 is 6.18 Å². The van der Waals surface area contributed by atoms with Crippen molar-refractivity contribution < 1.29 is 22.8 Å². The monoisotopic (exact) mass is 398 g/mol. The molecule has 0 saturated carbocycles. The molecule has 1 unspecified atom stereocenters. The summed E-state index contributed by atoms with van der Waals surface area (Å²) in [6.45, 7) is 5.10. The fraction of sp³-hybridized carbons (Fsp3) is 0.600. The Bertz CT molecular complexity index is 484. The number of nitrogens with zero attached hydrogens (tertiary/aromatic N) is 1.